The lowest BCUT2D eigenvalue weighted by Gasteiger charge is -2.19. The van der Waals surface area contributed by atoms with E-state index in [2.05, 4.69) is 112 Å². The van der Waals surface area contributed by atoms with E-state index in [4.69, 9.17) is 9.98 Å². The molecule has 4 heteroatoms. The number of nitrogens with zero attached hydrogens (tertiary/aromatic N) is 2. The maximum atomic E-state index is 10.6. The molecule has 7 aromatic rings. The first-order valence-electron chi connectivity index (χ1n) is 15.5. The van der Waals surface area contributed by atoms with Crippen molar-refractivity contribution in [1.82, 2.24) is 4.98 Å². The van der Waals surface area contributed by atoms with Crippen LogP contribution in [0.4, 0.5) is 5.69 Å². The summed E-state index contributed by atoms with van der Waals surface area (Å²) in [6.45, 7) is 6.49. The van der Waals surface area contributed by atoms with E-state index in [0.29, 0.717) is 5.56 Å². The van der Waals surface area contributed by atoms with Crippen LogP contribution < -0.4 is 0 Å². The minimum absolute atomic E-state index is 0.0333. The van der Waals surface area contributed by atoms with E-state index in [1.807, 2.05) is 42.5 Å². The molecule has 3 nitrogen and oxygen atoms in total. The lowest BCUT2D eigenvalue weighted by Crippen LogP contribution is -2.11. The predicted octanol–water partition coefficient (Wildman–Crippen LogP) is 11.7. The van der Waals surface area contributed by atoms with Crippen molar-refractivity contribution in [3.8, 4) is 49.7 Å². The number of phenols is 1. The summed E-state index contributed by atoms with van der Waals surface area (Å²) < 4.78 is 1.12. The molecule has 0 bridgehead atoms. The highest BCUT2D eigenvalue weighted by atomic mass is 32.1. The summed E-state index contributed by atoms with van der Waals surface area (Å²) in [7, 11) is 0. The largest absolute Gasteiger partial charge is 0.507 e. The number of phenolic OH excluding ortho intramolecular Hbond substituents is 1. The molecule has 1 N–H and O–H groups in total. The van der Waals surface area contributed by atoms with E-state index in [1.165, 1.54) is 11.1 Å². The molecule has 7 rings (SSSR count). The summed E-state index contributed by atoms with van der Waals surface area (Å²) in [6, 6.07) is 48.1. The Morgan fingerprint density at radius 1 is 0.609 bits per heavy atom. The highest BCUT2D eigenvalue weighted by Gasteiger charge is 2.17. The number of benzene rings is 6. The van der Waals surface area contributed by atoms with E-state index in [0.717, 1.165) is 54.3 Å². The van der Waals surface area contributed by atoms with Gasteiger partial charge in [-0.3, -0.25) is 4.99 Å². The van der Waals surface area contributed by atoms with Gasteiger partial charge in [-0.15, -0.1) is 11.3 Å². The van der Waals surface area contributed by atoms with E-state index in [9.17, 15) is 5.11 Å². The molecule has 1 aromatic heterocycles. The summed E-state index contributed by atoms with van der Waals surface area (Å²) in [4.78, 5) is 10.1. The fourth-order valence-electron chi connectivity index (χ4n) is 5.67. The normalized spacial score (nSPS) is 11.8. The zero-order valence-electron chi connectivity index (χ0n) is 26.1. The van der Waals surface area contributed by atoms with Gasteiger partial charge in [0.15, 0.2) is 0 Å². The van der Waals surface area contributed by atoms with Gasteiger partial charge >= 0.3 is 0 Å². The van der Waals surface area contributed by atoms with Crippen LogP contribution in [0.2, 0.25) is 0 Å². The lowest BCUT2D eigenvalue weighted by molar-refractivity contribution is 0.473. The molecule has 0 amide bonds. The number of aromatic hydroxyl groups is 1. The lowest BCUT2D eigenvalue weighted by atomic mass is 9.86. The van der Waals surface area contributed by atoms with Gasteiger partial charge in [0.2, 0.25) is 0 Å². The quantitative estimate of drug-likeness (QED) is 0.189. The molecule has 0 fully saturated rings. The third-order valence-electron chi connectivity index (χ3n) is 8.28. The molecule has 0 aliphatic heterocycles. The molecule has 0 aliphatic carbocycles. The average Bonchev–Trinajstić information content (AvgIpc) is 3.52. The number of aliphatic imine (C=N–C) groups is 1. The van der Waals surface area contributed by atoms with Gasteiger partial charge in [0.05, 0.1) is 15.9 Å². The van der Waals surface area contributed by atoms with Gasteiger partial charge in [-0.1, -0.05) is 124 Å². The first-order chi connectivity index (χ1) is 22.3. The van der Waals surface area contributed by atoms with Crippen molar-refractivity contribution in [2.45, 2.75) is 26.2 Å². The number of thiazole rings is 1. The minimum atomic E-state index is -0.0333. The third kappa shape index (κ3) is 6.00. The van der Waals surface area contributed by atoms with E-state index < -0.39 is 0 Å². The van der Waals surface area contributed by atoms with Gasteiger partial charge < -0.3 is 5.11 Å². The van der Waals surface area contributed by atoms with Gasteiger partial charge in [0.1, 0.15) is 10.8 Å². The maximum absolute atomic E-state index is 10.6. The van der Waals surface area contributed by atoms with Gasteiger partial charge in [0.25, 0.3) is 0 Å². The van der Waals surface area contributed by atoms with Gasteiger partial charge in [0, 0.05) is 22.9 Å². The number of fused-ring (bicyclic) bond motifs is 1. The molecular weight excluding hydrogens is 581 g/mol. The standard InChI is InChI=1S/C42H34N2OS/c1-42(2,3)34-22-23-38(45)33(24-34)27-43-37-17-11-10-16-35(37)41-44-40-36(31-14-8-5-9-15-31)25-32(26-39(40)46-41)30-20-18-29(19-21-30)28-12-6-4-7-13-28/h4-27,45H,1-3H3. The number of hydrogen-bond acceptors (Lipinski definition) is 4. The minimum Gasteiger partial charge on any atom is -0.507 e. The average molecular weight is 615 g/mol. The maximum Gasteiger partial charge on any atom is 0.126 e. The molecule has 0 saturated carbocycles. The Kier molecular flexibility index (Phi) is 7.81. The zero-order chi connectivity index (χ0) is 31.7. The Labute approximate surface area is 274 Å². The van der Waals surface area contributed by atoms with Crippen LogP contribution in [-0.4, -0.2) is 16.3 Å². The molecule has 0 radical (unpaired) electrons. The van der Waals surface area contributed by atoms with Gasteiger partial charge in [-0.05, 0) is 75.2 Å². The fourth-order valence-corrected chi connectivity index (χ4v) is 6.73. The van der Waals surface area contributed by atoms with Crippen molar-refractivity contribution in [1.29, 1.82) is 0 Å². The number of rotatable bonds is 6. The van der Waals surface area contributed by atoms with E-state index in [1.54, 1.807) is 23.6 Å². The summed E-state index contributed by atoms with van der Waals surface area (Å²) >= 11 is 1.68. The third-order valence-corrected chi connectivity index (χ3v) is 9.31. The second-order valence-corrected chi connectivity index (χ2v) is 13.5. The predicted molar refractivity (Wildman–Crippen MR) is 195 cm³/mol. The second kappa shape index (κ2) is 12.2. The van der Waals surface area contributed by atoms with Crippen LogP contribution in [-0.2, 0) is 5.41 Å². The summed E-state index contributed by atoms with van der Waals surface area (Å²) in [6.07, 6.45) is 1.75. The van der Waals surface area contributed by atoms with E-state index in [-0.39, 0.29) is 11.2 Å². The Bertz CT molecular complexity index is 2170. The van der Waals surface area contributed by atoms with Crippen molar-refractivity contribution in [2.75, 3.05) is 0 Å². The topological polar surface area (TPSA) is 45.5 Å². The molecule has 0 atom stereocenters. The van der Waals surface area contributed by atoms with Crippen LogP contribution in [0.5, 0.6) is 5.75 Å². The molecule has 0 saturated heterocycles. The van der Waals surface area contributed by atoms with Crippen LogP contribution in [0.3, 0.4) is 0 Å². The van der Waals surface area contributed by atoms with Crippen molar-refractivity contribution in [2.24, 2.45) is 4.99 Å². The van der Waals surface area contributed by atoms with Crippen molar-refractivity contribution < 1.29 is 5.11 Å². The monoisotopic (exact) mass is 614 g/mol. The smallest absolute Gasteiger partial charge is 0.126 e. The summed E-state index contributed by atoms with van der Waals surface area (Å²) in [5.41, 5.74) is 11.5. The van der Waals surface area contributed by atoms with Crippen LogP contribution in [0, 0.1) is 0 Å². The second-order valence-electron chi connectivity index (χ2n) is 12.5. The molecule has 0 spiro atoms. The van der Waals surface area contributed by atoms with Crippen LogP contribution in [0.15, 0.2) is 145 Å². The zero-order valence-corrected chi connectivity index (χ0v) is 26.9. The molecule has 46 heavy (non-hydrogen) atoms. The highest BCUT2D eigenvalue weighted by molar-refractivity contribution is 7.21. The molecule has 0 unspecified atom stereocenters. The Hall–Kier alpha value is -5.32. The van der Waals surface area contributed by atoms with Gasteiger partial charge in [-0.25, -0.2) is 4.98 Å². The van der Waals surface area contributed by atoms with Crippen LogP contribution in [0.1, 0.15) is 31.9 Å². The Balaban J connectivity index is 1.31. The number of hydrogen-bond donors (Lipinski definition) is 1. The molecule has 6 aromatic carbocycles. The van der Waals surface area contributed by atoms with Crippen molar-refractivity contribution in [3.63, 3.8) is 0 Å². The molecule has 1 heterocycles. The molecular formula is C42H34N2OS. The fraction of sp³-hybridized carbons (Fsp3) is 0.0952. The first kappa shape index (κ1) is 29.4. The molecule has 224 valence electrons. The molecule has 0 aliphatic rings. The number of para-hydroxylation sites is 1. The SMILES string of the molecule is CC(C)(C)c1ccc(O)c(C=Nc2ccccc2-c2nc3c(-c4ccccc4)cc(-c4ccc(-c5ccccc5)cc4)cc3s2)c1. The van der Waals surface area contributed by atoms with E-state index >= 15 is 0 Å². The highest BCUT2D eigenvalue weighted by Crippen LogP contribution is 2.42. The van der Waals surface area contributed by atoms with Crippen LogP contribution >= 0.6 is 11.3 Å². The first-order valence-corrected chi connectivity index (χ1v) is 16.3. The number of aromatic nitrogens is 1. The van der Waals surface area contributed by atoms with Gasteiger partial charge in [-0.2, -0.15) is 0 Å². The summed E-state index contributed by atoms with van der Waals surface area (Å²) in [5, 5.41) is 11.5. The summed E-state index contributed by atoms with van der Waals surface area (Å²) in [5.74, 6) is 0.214. The Morgan fingerprint density at radius 2 is 1.22 bits per heavy atom. The van der Waals surface area contributed by atoms with Crippen LogP contribution in [0.25, 0.3) is 54.2 Å². The van der Waals surface area contributed by atoms with Crippen molar-refractivity contribution in [3.05, 3.63) is 151 Å². The Morgan fingerprint density at radius 3 is 1.91 bits per heavy atom. The van der Waals surface area contributed by atoms with Crippen molar-refractivity contribution >= 4 is 33.5 Å².